The third-order valence-electron chi connectivity index (χ3n) is 8.80. The second-order valence-electron chi connectivity index (χ2n) is 11.9. The second kappa shape index (κ2) is 15.2. The largest absolute Gasteiger partial charge is 0.430 e. The van der Waals surface area contributed by atoms with Crippen molar-refractivity contribution < 1.29 is 27.2 Å². The van der Waals surface area contributed by atoms with E-state index in [9.17, 15) is 22.4 Å². The first-order valence-electron chi connectivity index (χ1n) is 15.3. The minimum atomic E-state index is -4.84. The number of amides is 1. The first-order chi connectivity index (χ1) is 21.1. The molecule has 3 aromatic rings. The molecule has 0 bridgehead atoms. The summed E-state index contributed by atoms with van der Waals surface area (Å²) in [6.07, 6.45) is 5.25. The zero-order chi connectivity index (χ0) is 30.8. The number of halogens is 6. The van der Waals surface area contributed by atoms with Gasteiger partial charge in [0.25, 0.3) is 0 Å². The SMILES string of the molecule is Cl.Cl.NC1CCC(Nc2nc(NC3CCN(OC(=O)Nc4c(F)cccc4C(F)(F)F)CC3)c3ncn(C4CCCC4)c3n2)CC1. The molecule has 1 amide bonds. The summed E-state index contributed by atoms with van der Waals surface area (Å²) in [5, 5.41) is 10.3. The van der Waals surface area contributed by atoms with Crippen LogP contribution in [0.5, 0.6) is 0 Å². The fourth-order valence-corrected chi connectivity index (χ4v) is 6.39. The number of nitrogens with two attached hydrogens (primary N) is 1. The molecule has 11 nitrogen and oxygen atoms in total. The van der Waals surface area contributed by atoms with E-state index in [2.05, 4.69) is 20.2 Å². The lowest BCUT2D eigenvalue weighted by Gasteiger charge is -2.31. The highest BCUT2D eigenvalue weighted by atomic mass is 35.5. The first-order valence-corrected chi connectivity index (χ1v) is 15.3. The van der Waals surface area contributed by atoms with Crippen LogP contribution in [-0.2, 0) is 11.0 Å². The Kier molecular flexibility index (Phi) is 11.8. The second-order valence-corrected chi connectivity index (χ2v) is 11.9. The van der Waals surface area contributed by atoms with Gasteiger partial charge in [0.2, 0.25) is 5.95 Å². The number of anilines is 3. The van der Waals surface area contributed by atoms with E-state index in [1.807, 2.05) is 11.6 Å². The van der Waals surface area contributed by atoms with Crippen LogP contribution >= 0.6 is 24.8 Å². The summed E-state index contributed by atoms with van der Waals surface area (Å²) in [5.74, 6) is -0.0331. The van der Waals surface area contributed by atoms with Crippen LogP contribution in [0.2, 0.25) is 0 Å². The molecule has 2 saturated carbocycles. The Balaban J connectivity index is 0.00000240. The molecular formula is C29H39Cl2F4N9O2. The lowest BCUT2D eigenvalue weighted by molar-refractivity contribution is -0.137. The number of carbonyl (C=O) groups is 1. The molecule has 254 valence electrons. The number of aromatic nitrogens is 4. The summed E-state index contributed by atoms with van der Waals surface area (Å²) in [6.45, 7) is 0.624. The average molecular weight is 693 g/mol. The number of benzene rings is 1. The number of hydrogen-bond acceptors (Lipinski definition) is 9. The number of nitrogens with one attached hydrogen (secondary N) is 3. The molecule has 5 N–H and O–H groups in total. The van der Waals surface area contributed by atoms with E-state index in [0.717, 1.165) is 56.3 Å². The molecule has 17 heteroatoms. The number of hydroxylamine groups is 2. The number of para-hydroxylation sites is 1. The fraction of sp³-hybridized carbons (Fsp3) is 0.586. The summed E-state index contributed by atoms with van der Waals surface area (Å²) in [6, 6.07) is 3.27. The molecular weight excluding hydrogens is 653 g/mol. The van der Waals surface area contributed by atoms with Crippen LogP contribution in [0.15, 0.2) is 24.5 Å². The van der Waals surface area contributed by atoms with Crippen molar-refractivity contribution in [2.75, 3.05) is 29.0 Å². The van der Waals surface area contributed by atoms with Gasteiger partial charge in [0.15, 0.2) is 17.0 Å². The van der Waals surface area contributed by atoms with E-state index in [1.165, 1.54) is 17.9 Å². The molecule has 1 aliphatic heterocycles. The number of imidazole rings is 1. The summed E-state index contributed by atoms with van der Waals surface area (Å²) in [7, 11) is 0. The van der Waals surface area contributed by atoms with Crippen LogP contribution < -0.4 is 21.7 Å². The van der Waals surface area contributed by atoms with E-state index < -0.39 is 29.3 Å². The molecule has 1 saturated heterocycles. The smallest absolute Gasteiger partial charge is 0.365 e. The van der Waals surface area contributed by atoms with Gasteiger partial charge in [-0.3, -0.25) is 5.32 Å². The Morgan fingerprint density at radius 2 is 1.61 bits per heavy atom. The predicted octanol–water partition coefficient (Wildman–Crippen LogP) is 6.66. The number of rotatable bonds is 7. The quantitative estimate of drug-likeness (QED) is 0.201. The van der Waals surface area contributed by atoms with Gasteiger partial charge in [-0.2, -0.15) is 23.1 Å². The monoisotopic (exact) mass is 691 g/mol. The van der Waals surface area contributed by atoms with Crippen molar-refractivity contribution in [3.63, 3.8) is 0 Å². The van der Waals surface area contributed by atoms with Crippen LogP contribution in [-0.4, -0.2) is 61.9 Å². The van der Waals surface area contributed by atoms with E-state index in [4.69, 9.17) is 20.5 Å². The van der Waals surface area contributed by atoms with Gasteiger partial charge in [-0.05, 0) is 63.5 Å². The molecule has 3 heterocycles. The third-order valence-corrected chi connectivity index (χ3v) is 8.80. The molecule has 3 fully saturated rings. The Morgan fingerprint density at radius 3 is 2.28 bits per heavy atom. The fourth-order valence-electron chi connectivity index (χ4n) is 6.39. The van der Waals surface area contributed by atoms with Crippen molar-refractivity contribution >= 4 is 59.5 Å². The Morgan fingerprint density at radius 1 is 0.935 bits per heavy atom. The van der Waals surface area contributed by atoms with Gasteiger partial charge < -0.3 is 25.8 Å². The molecule has 46 heavy (non-hydrogen) atoms. The molecule has 2 aromatic heterocycles. The van der Waals surface area contributed by atoms with Gasteiger partial charge >= 0.3 is 12.3 Å². The van der Waals surface area contributed by atoms with E-state index in [0.29, 0.717) is 55.3 Å². The lowest BCUT2D eigenvalue weighted by Crippen LogP contribution is -2.41. The highest BCUT2D eigenvalue weighted by Crippen LogP contribution is 2.37. The van der Waals surface area contributed by atoms with Crippen LogP contribution in [0.3, 0.4) is 0 Å². The molecule has 2 aliphatic carbocycles. The molecule has 0 radical (unpaired) electrons. The highest BCUT2D eigenvalue weighted by Gasteiger charge is 2.36. The molecule has 0 atom stereocenters. The molecule has 0 unspecified atom stereocenters. The Bertz CT molecular complexity index is 1470. The van der Waals surface area contributed by atoms with Crippen LogP contribution in [0.1, 0.15) is 75.8 Å². The van der Waals surface area contributed by atoms with Gasteiger partial charge in [-0.15, -0.1) is 29.9 Å². The average Bonchev–Trinajstić information content (AvgIpc) is 3.66. The first kappa shape index (κ1) is 35.7. The van der Waals surface area contributed by atoms with Crippen molar-refractivity contribution in [1.82, 2.24) is 24.6 Å². The number of carbonyl (C=O) groups excluding carboxylic acids is 1. The molecule has 0 spiro atoms. The summed E-state index contributed by atoms with van der Waals surface area (Å²) < 4.78 is 56.2. The molecule has 6 rings (SSSR count). The van der Waals surface area contributed by atoms with Gasteiger partial charge in [0, 0.05) is 37.3 Å². The Labute approximate surface area is 276 Å². The molecule has 3 aliphatic rings. The van der Waals surface area contributed by atoms with E-state index in [-0.39, 0.29) is 42.9 Å². The highest BCUT2D eigenvalue weighted by molar-refractivity contribution is 5.86. The maximum atomic E-state index is 14.1. The standard InChI is InChI=1S/C29H37F4N9O2.2ClH/c30-22-7-3-6-21(29(31,32)33)23(22)38-28(43)44-41-14-12-19(13-15-41)36-25-24-26(42(16-35-24)20-4-1-2-5-20)40-27(39-25)37-18-10-8-17(34)9-11-18;;/h3,6-7,16-20H,1-2,4-5,8-15,34H2,(H,38,43)(H2,36,37,39,40);2*1H. The Hall–Kier alpha value is -3.14. The number of hydrogen-bond donors (Lipinski definition) is 4. The molecule has 1 aromatic carbocycles. The maximum absolute atomic E-state index is 14.1. The number of piperidine rings is 1. The van der Waals surface area contributed by atoms with Gasteiger partial charge in [0.1, 0.15) is 5.82 Å². The van der Waals surface area contributed by atoms with Crippen molar-refractivity contribution in [1.29, 1.82) is 0 Å². The zero-order valence-corrected chi connectivity index (χ0v) is 26.7. The summed E-state index contributed by atoms with van der Waals surface area (Å²) >= 11 is 0. The van der Waals surface area contributed by atoms with Crippen LogP contribution in [0.4, 0.5) is 39.8 Å². The van der Waals surface area contributed by atoms with E-state index in [1.54, 1.807) is 0 Å². The topological polar surface area (TPSA) is 135 Å². The van der Waals surface area contributed by atoms with Gasteiger partial charge in [-0.1, -0.05) is 18.9 Å². The van der Waals surface area contributed by atoms with Crippen LogP contribution in [0, 0.1) is 5.82 Å². The normalized spacial score (nSPS) is 21.3. The number of alkyl halides is 3. The third kappa shape index (κ3) is 8.22. The zero-order valence-electron chi connectivity index (χ0n) is 25.1. The van der Waals surface area contributed by atoms with Gasteiger partial charge in [0.05, 0.1) is 17.6 Å². The minimum absolute atomic E-state index is 0. The van der Waals surface area contributed by atoms with Crippen molar-refractivity contribution in [3.05, 3.63) is 35.9 Å². The van der Waals surface area contributed by atoms with Crippen molar-refractivity contribution in [2.24, 2.45) is 5.73 Å². The summed E-state index contributed by atoms with van der Waals surface area (Å²) in [5.41, 5.74) is 5.32. The number of nitrogens with zero attached hydrogens (tertiary/aromatic N) is 5. The van der Waals surface area contributed by atoms with Crippen LogP contribution in [0.25, 0.3) is 11.2 Å². The van der Waals surface area contributed by atoms with E-state index >= 15 is 0 Å². The number of fused-ring (bicyclic) bond motifs is 1. The predicted molar refractivity (Wildman–Crippen MR) is 171 cm³/mol. The lowest BCUT2D eigenvalue weighted by atomic mass is 9.92. The van der Waals surface area contributed by atoms with Crippen molar-refractivity contribution in [3.8, 4) is 0 Å². The minimum Gasteiger partial charge on any atom is -0.365 e. The van der Waals surface area contributed by atoms with Crippen molar-refractivity contribution in [2.45, 2.75) is 94.6 Å². The summed E-state index contributed by atoms with van der Waals surface area (Å²) in [4.78, 5) is 32.0. The maximum Gasteiger partial charge on any atom is 0.430 e. The van der Waals surface area contributed by atoms with Gasteiger partial charge in [-0.25, -0.2) is 14.2 Å².